The van der Waals surface area contributed by atoms with Gasteiger partial charge in [-0.1, -0.05) is 36.4 Å². The Kier molecular flexibility index (Phi) is 4.73. The number of hydrogen-bond acceptors (Lipinski definition) is 2. The molecule has 0 aromatic heterocycles. The fourth-order valence-corrected chi connectivity index (χ4v) is 2.60. The molecule has 0 radical (unpaired) electrons. The quantitative estimate of drug-likeness (QED) is 0.771. The van der Waals surface area contributed by atoms with Gasteiger partial charge in [0.05, 0.1) is 0 Å². The molecule has 1 N–H and O–H groups in total. The lowest BCUT2D eigenvalue weighted by molar-refractivity contribution is 0.285. The fourth-order valence-electron chi connectivity index (χ4n) is 2.60. The van der Waals surface area contributed by atoms with Gasteiger partial charge in [0.2, 0.25) is 0 Å². The minimum Gasteiger partial charge on any atom is -0.309 e. The Balaban J connectivity index is 2.09. The molecule has 0 aliphatic carbocycles. The van der Waals surface area contributed by atoms with Gasteiger partial charge < -0.3 is 5.32 Å². The van der Waals surface area contributed by atoms with Crippen molar-refractivity contribution in [3.63, 3.8) is 0 Å². The summed E-state index contributed by atoms with van der Waals surface area (Å²) in [6.45, 7) is 11.5. The van der Waals surface area contributed by atoms with E-state index in [2.05, 4.69) is 47.6 Å². The first-order valence-corrected chi connectivity index (χ1v) is 6.60. The zero-order valence-corrected chi connectivity index (χ0v) is 10.9. The largest absolute Gasteiger partial charge is 0.309 e. The molecular weight excluding hydrogens is 220 g/mol. The standard InChI is InChI=1S/C16H22N2/c1-3-11-18(12-4-2)13-16-15-8-6-5-7-14(15)9-10-17-16/h3-8,16-17H,1-2,9-13H2. The number of nitrogens with one attached hydrogen (secondary N) is 1. The van der Waals surface area contributed by atoms with Crippen LogP contribution in [0.25, 0.3) is 0 Å². The molecule has 1 unspecified atom stereocenters. The van der Waals surface area contributed by atoms with Crippen molar-refractivity contribution in [3.8, 4) is 0 Å². The molecule has 1 aliphatic heterocycles. The molecule has 96 valence electrons. The van der Waals surface area contributed by atoms with Gasteiger partial charge in [-0.25, -0.2) is 0 Å². The van der Waals surface area contributed by atoms with Crippen LogP contribution in [0.3, 0.4) is 0 Å². The normalized spacial score (nSPS) is 18.4. The molecule has 18 heavy (non-hydrogen) atoms. The molecule has 0 bridgehead atoms. The Bertz CT molecular complexity index is 401. The highest BCUT2D eigenvalue weighted by Gasteiger charge is 2.20. The molecule has 0 spiro atoms. The molecule has 0 saturated carbocycles. The zero-order valence-electron chi connectivity index (χ0n) is 10.9. The van der Waals surface area contributed by atoms with Crippen molar-refractivity contribution < 1.29 is 0 Å². The highest BCUT2D eigenvalue weighted by atomic mass is 15.1. The maximum atomic E-state index is 3.82. The SMILES string of the molecule is C=CCN(CC=C)CC1NCCc2ccccc21. The van der Waals surface area contributed by atoms with Crippen molar-refractivity contribution in [2.75, 3.05) is 26.2 Å². The first-order chi connectivity index (χ1) is 8.85. The highest BCUT2D eigenvalue weighted by molar-refractivity contribution is 5.32. The summed E-state index contributed by atoms with van der Waals surface area (Å²) in [5.41, 5.74) is 2.93. The van der Waals surface area contributed by atoms with Crippen LogP contribution < -0.4 is 5.32 Å². The summed E-state index contributed by atoms with van der Waals surface area (Å²) in [4.78, 5) is 2.36. The first kappa shape index (κ1) is 13.1. The molecule has 0 saturated heterocycles. The molecule has 2 nitrogen and oxygen atoms in total. The van der Waals surface area contributed by atoms with E-state index in [0.717, 1.165) is 32.6 Å². The van der Waals surface area contributed by atoms with Gasteiger partial charge >= 0.3 is 0 Å². The average Bonchev–Trinajstić information content (AvgIpc) is 2.40. The first-order valence-electron chi connectivity index (χ1n) is 6.60. The summed E-state index contributed by atoms with van der Waals surface area (Å²) < 4.78 is 0. The maximum absolute atomic E-state index is 3.82. The van der Waals surface area contributed by atoms with E-state index in [4.69, 9.17) is 0 Å². The molecule has 2 rings (SSSR count). The summed E-state index contributed by atoms with van der Waals surface area (Å²) in [5.74, 6) is 0. The Morgan fingerprint density at radius 3 is 2.67 bits per heavy atom. The van der Waals surface area contributed by atoms with Gasteiger partial charge in [-0.15, -0.1) is 13.2 Å². The van der Waals surface area contributed by atoms with E-state index >= 15 is 0 Å². The van der Waals surface area contributed by atoms with Crippen molar-refractivity contribution in [3.05, 3.63) is 60.7 Å². The van der Waals surface area contributed by atoms with E-state index in [1.54, 1.807) is 0 Å². The Morgan fingerprint density at radius 1 is 1.22 bits per heavy atom. The van der Waals surface area contributed by atoms with Crippen LogP contribution in [0.5, 0.6) is 0 Å². The van der Waals surface area contributed by atoms with Crippen molar-refractivity contribution in [2.24, 2.45) is 0 Å². The third-order valence-corrected chi connectivity index (χ3v) is 3.43. The summed E-state index contributed by atoms with van der Waals surface area (Å²) in [6.07, 6.45) is 5.05. The van der Waals surface area contributed by atoms with E-state index in [9.17, 15) is 0 Å². The van der Waals surface area contributed by atoms with Crippen LogP contribution in [0.4, 0.5) is 0 Å². The third kappa shape index (κ3) is 3.09. The van der Waals surface area contributed by atoms with Crippen LogP contribution in [0.2, 0.25) is 0 Å². The van der Waals surface area contributed by atoms with Gasteiger partial charge in [0, 0.05) is 25.7 Å². The average molecular weight is 242 g/mol. The van der Waals surface area contributed by atoms with Gasteiger partial charge in [0.1, 0.15) is 0 Å². The van der Waals surface area contributed by atoms with Gasteiger partial charge in [-0.05, 0) is 24.1 Å². The minimum atomic E-state index is 0.426. The summed E-state index contributed by atoms with van der Waals surface area (Å²) >= 11 is 0. The molecule has 1 aromatic rings. The second kappa shape index (κ2) is 6.53. The highest BCUT2D eigenvalue weighted by Crippen LogP contribution is 2.23. The van der Waals surface area contributed by atoms with E-state index in [0.29, 0.717) is 6.04 Å². The molecular formula is C16H22N2. The third-order valence-electron chi connectivity index (χ3n) is 3.43. The lowest BCUT2D eigenvalue weighted by atomic mass is 9.94. The summed E-state index contributed by atoms with van der Waals surface area (Å²) in [5, 5.41) is 3.61. The number of nitrogens with zero attached hydrogens (tertiary/aromatic N) is 1. The van der Waals surface area contributed by atoms with Crippen molar-refractivity contribution in [1.29, 1.82) is 0 Å². The second-order valence-electron chi connectivity index (χ2n) is 4.75. The van der Waals surface area contributed by atoms with Crippen molar-refractivity contribution in [2.45, 2.75) is 12.5 Å². The Labute approximate surface area is 110 Å². The van der Waals surface area contributed by atoms with Gasteiger partial charge in [0.25, 0.3) is 0 Å². The van der Waals surface area contributed by atoms with Crippen LogP contribution in [0.15, 0.2) is 49.6 Å². The number of hydrogen-bond donors (Lipinski definition) is 1. The molecule has 1 aliphatic rings. The fraction of sp³-hybridized carbons (Fsp3) is 0.375. The Hall–Kier alpha value is -1.38. The van der Waals surface area contributed by atoms with Crippen LogP contribution >= 0.6 is 0 Å². The van der Waals surface area contributed by atoms with Crippen molar-refractivity contribution in [1.82, 2.24) is 10.2 Å². The molecule has 1 aromatic carbocycles. The van der Waals surface area contributed by atoms with Gasteiger partial charge in [-0.2, -0.15) is 0 Å². The lowest BCUT2D eigenvalue weighted by Gasteiger charge is -2.31. The van der Waals surface area contributed by atoms with E-state index in [1.165, 1.54) is 11.1 Å². The monoisotopic (exact) mass is 242 g/mol. The van der Waals surface area contributed by atoms with E-state index in [1.807, 2.05) is 12.2 Å². The topological polar surface area (TPSA) is 15.3 Å². The van der Waals surface area contributed by atoms with E-state index in [-0.39, 0.29) is 0 Å². The molecule has 0 fully saturated rings. The van der Waals surface area contributed by atoms with Gasteiger partial charge in [0.15, 0.2) is 0 Å². The molecule has 1 heterocycles. The summed E-state index contributed by atoms with van der Waals surface area (Å²) in [7, 11) is 0. The van der Waals surface area contributed by atoms with Crippen LogP contribution in [0, 0.1) is 0 Å². The Morgan fingerprint density at radius 2 is 1.94 bits per heavy atom. The summed E-state index contributed by atoms with van der Waals surface area (Å²) in [6, 6.07) is 9.17. The van der Waals surface area contributed by atoms with Gasteiger partial charge in [-0.3, -0.25) is 4.90 Å². The van der Waals surface area contributed by atoms with Crippen LogP contribution in [0.1, 0.15) is 17.2 Å². The van der Waals surface area contributed by atoms with Crippen LogP contribution in [-0.2, 0) is 6.42 Å². The minimum absolute atomic E-state index is 0.426. The number of benzene rings is 1. The molecule has 1 atom stereocenters. The predicted octanol–water partition coefficient (Wildman–Crippen LogP) is 2.55. The van der Waals surface area contributed by atoms with Crippen LogP contribution in [-0.4, -0.2) is 31.1 Å². The van der Waals surface area contributed by atoms with E-state index < -0.39 is 0 Å². The molecule has 0 amide bonds. The van der Waals surface area contributed by atoms with Crippen molar-refractivity contribution >= 4 is 0 Å². The second-order valence-corrected chi connectivity index (χ2v) is 4.75. The number of fused-ring (bicyclic) bond motifs is 1. The molecule has 2 heteroatoms. The smallest absolute Gasteiger partial charge is 0.0452 e. The number of rotatable bonds is 6. The predicted molar refractivity (Wildman–Crippen MR) is 77.7 cm³/mol. The zero-order chi connectivity index (χ0) is 12.8. The lowest BCUT2D eigenvalue weighted by Crippen LogP contribution is -2.39. The maximum Gasteiger partial charge on any atom is 0.0452 e.